The van der Waals surface area contributed by atoms with Gasteiger partial charge in [0, 0.05) is 12.6 Å². The third-order valence-electron chi connectivity index (χ3n) is 2.00. The van der Waals surface area contributed by atoms with Crippen LogP contribution in [0.2, 0.25) is 0 Å². The zero-order valence-corrected chi connectivity index (χ0v) is 8.38. The van der Waals surface area contributed by atoms with Gasteiger partial charge < -0.3 is 15.0 Å². The van der Waals surface area contributed by atoms with Crippen molar-refractivity contribution in [2.75, 3.05) is 26.2 Å². The van der Waals surface area contributed by atoms with Crippen LogP contribution < -0.4 is 5.32 Å². The van der Waals surface area contributed by atoms with E-state index in [2.05, 4.69) is 19.2 Å². The van der Waals surface area contributed by atoms with Crippen LogP contribution in [0.1, 0.15) is 20.3 Å². The molecule has 0 aliphatic carbocycles. The molecule has 0 aromatic carbocycles. The minimum Gasteiger partial charge on any atom is -0.448 e. The van der Waals surface area contributed by atoms with Crippen molar-refractivity contribution in [3.8, 4) is 0 Å². The summed E-state index contributed by atoms with van der Waals surface area (Å²) in [5.41, 5.74) is 0. The first-order valence-corrected chi connectivity index (χ1v) is 4.85. The Morgan fingerprint density at radius 1 is 1.62 bits per heavy atom. The van der Waals surface area contributed by atoms with Gasteiger partial charge in [0.2, 0.25) is 0 Å². The molecule has 0 saturated carbocycles. The third-order valence-corrected chi connectivity index (χ3v) is 2.00. The lowest BCUT2D eigenvalue weighted by Gasteiger charge is -2.13. The Balaban J connectivity index is 2.02. The van der Waals surface area contributed by atoms with Crippen LogP contribution in [0.15, 0.2) is 0 Å². The Kier molecular flexibility index (Phi) is 4.02. The van der Waals surface area contributed by atoms with Crippen molar-refractivity contribution in [3.05, 3.63) is 0 Å². The van der Waals surface area contributed by atoms with E-state index >= 15 is 0 Å². The van der Waals surface area contributed by atoms with Gasteiger partial charge in [0.1, 0.15) is 6.61 Å². The van der Waals surface area contributed by atoms with Crippen LogP contribution in [0, 0.1) is 0 Å². The van der Waals surface area contributed by atoms with Gasteiger partial charge >= 0.3 is 6.09 Å². The van der Waals surface area contributed by atoms with Crippen LogP contribution in [0.3, 0.4) is 0 Å². The molecule has 0 radical (unpaired) electrons. The smallest absolute Gasteiger partial charge is 0.409 e. The molecular weight excluding hydrogens is 168 g/mol. The lowest BCUT2D eigenvalue weighted by molar-refractivity contribution is 0.158. The molecule has 0 bridgehead atoms. The second kappa shape index (κ2) is 5.07. The second-order valence-corrected chi connectivity index (χ2v) is 3.56. The van der Waals surface area contributed by atoms with E-state index in [1.54, 1.807) is 4.90 Å². The Morgan fingerprint density at radius 2 is 2.38 bits per heavy atom. The van der Waals surface area contributed by atoms with Gasteiger partial charge in [-0.15, -0.1) is 0 Å². The van der Waals surface area contributed by atoms with Crippen LogP contribution >= 0.6 is 0 Å². The van der Waals surface area contributed by atoms with E-state index in [4.69, 9.17) is 4.74 Å². The van der Waals surface area contributed by atoms with Crippen molar-refractivity contribution in [2.45, 2.75) is 26.3 Å². The summed E-state index contributed by atoms with van der Waals surface area (Å²) in [7, 11) is 0. The van der Waals surface area contributed by atoms with Crippen LogP contribution in [0.25, 0.3) is 0 Å². The number of hydrogen-bond donors (Lipinski definition) is 1. The number of ether oxygens (including phenoxy) is 1. The highest BCUT2D eigenvalue weighted by Gasteiger charge is 2.20. The summed E-state index contributed by atoms with van der Waals surface area (Å²) in [6, 6.07) is 0.519. The summed E-state index contributed by atoms with van der Waals surface area (Å²) in [6.07, 6.45) is 0.831. The number of cyclic esters (lactones) is 1. The topological polar surface area (TPSA) is 41.6 Å². The highest BCUT2D eigenvalue weighted by Crippen LogP contribution is 2.02. The standard InChI is InChI=1S/C9H18N2O2/c1-8(2)10-4-3-5-11-6-7-13-9(11)12/h8,10H,3-7H2,1-2H3. The van der Waals surface area contributed by atoms with Crippen molar-refractivity contribution in [1.29, 1.82) is 0 Å². The minimum absolute atomic E-state index is 0.162. The Labute approximate surface area is 79.2 Å². The van der Waals surface area contributed by atoms with Crippen molar-refractivity contribution in [3.63, 3.8) is 0 Å². The normalized spacial score (nSPS) is 16.8. The fourth-order valence-corrected chi connectivity index (χ4v) is 1.29. The average Bonchev–Trinajstić information content (AvgIpc) is 2.45. The van der Waals surface area contributed by atoms with Crippen molar-refractivity contribution < 1.29 is 9.53 Å². The number of nitrogens with one attached hydrogen (secondary N) is 1. The summed E-state index contributed by atoms with van der Waals surface area (Å²) >= 11 is 0. The molecule has 1 rings (SSSR count). The summed E-state index contributed by atoms with van der Waals surface area (Å²) in [4.78, 5) is 12.7. The zero-order chi connectivity index (χ0) is 9.68. The Bertz CT molecular complexity index is 171. The second-order valence-electron chi connectivity index (χ2n) is 3.56. The molecule has 1 heterocycles. The van der Waals surface area contributed by atoms with E-state index in [1.807, 2.05) is 0 Å². The van der Waals surface area contributed by atoms with E-state index < -0.39 is 0 Å². The molecule has 1 aliphatic rings. The molecule has 4 nitrogen and oxygen atoms in total. The van der Waals surface area contributed by atoms with Crippen LogP contribution in [-0.4, -0.2) is 43.3 Å². The number of amides is 1. The predicted molar refractivity (Wildman–Crippen MR) is 50.7 cm³/mol. The molecule has 1 saturated heterocycles. The monoisotopic (exact) mass is 186 g/mol. The zero-order valence-electron chi connectivity index (χ0n) is 8.38. The molecule has 0 aromatic heterocycles. The van der Waals surface area contributed by atoms with Gasteiger partial charge in [-0.3, -0.25) is 0 Å². The summed E-state index contributed by atoms with van der Waals surface area (Å²) in [5, 5.41) is 3.31. The maximum absolute atomic E-state index is 11.0. The SMILES string of the molecule is CC(C)NCCCN1CCOC1=O. The molecule has 4 heteroatoms. The molecule has 1 aliphatic heterocycles. The van der Waals surface area contributed by atoms with Crippen LogP contribution in [-0.2, 0) is 4.74 Å². The molecule has 1 fully saturated rings. The van der Waals surface area contributed by atoms with Crippen molar-refractivity contribution >= 4 is 6.09 Å². The van der Waals surface area contributed by atoms with Crippen LogP contribution in [0.4, 0.5) is 4.79 Å². The number of nitrogens with zero attached hydrogens (tertiary/aromatic N) is 1. The number of carbonyl (C=O) groups is 1. The molecule has 1 N–H and O–H groups in total. The first-order chi connectivity index (χ1) is 6.20. The lowest BCUT2D eigenvalue weighted by atomic mass is 10.3. The van der Waals surface area contributed by atoms with E-state index in [1.165, 1.54) is 0 Å². The van der Waals surface area contributed by atoms with Gasteiger partial charge in [0.05, 0.1) is 6.54 Å². The van der Waals surface area contributed by atoms with E-state index in [-0.39, 0.29) is 6.09 Å². The molecule has 1 amide bonds. The van der Waals surface area contributed by atoms with Gasteiger partial charge in [0.15, 0.2) is 0 Å². The average molecular weight is 186 g/mol. The maximum atomic E-state index is 11.0. The van der Waals surface area contributed by atoms with Gasteiger partial charge in [-0.05, 0) is 13.0 Å². The van der Waals surface area contributed by atoms with E-state index in [9.17, 15) is 4.79 Å². The third kappa shape index (κ3) is 3.63. The van der Waals surface area contributed by atoms with Gasteiger partial charge in [0.25, 0.3) is 0 Å². The van der Waals surface area contributed by atoms with Gasteiger partial charge in [-0.1, -0.05) is 13.8 Å². The molecular formula is C9H18N2O2. The molecule has 76 valence electrons. The highest BCUT2D eigenvalue weighted by atomic mass is 16.6. The van der Waals surface area contributed by atoms with Gasteiger partial charge in [-0.2, -0.15) is 0 Å². The summed E-state index contributed by atoms with van der Waals surface area (Å²) in [5.74, 6) is 0. The fraction of sp³-hybridized carbons (Fsp3) is 0.889. The van der Waals surface area contributed by atoms with Crippen LogP contribution in [0.5, 0.6) is 0 Å². The predicted octanol–water partition coefficient (Wildman–Crippen LogP) is 0.827. The summed E-state index contributed by atoms with van der Waals surface area (Å²) < 4.78 is 4.81. The molecule has 0 atom stereocenters. The van der Waals surface area contributed by atoms with E-state index in [0.717, 1.165) is 26.1 Å². The van der Waals surface area contributed by atoms with Crippen molar-refractivity contribution in [2.24, 2.45) is 0 Å². The largest absolute Gasteiger partial charge is 0.448 e. The minimum atomic E-state index is -0.162. The molecule has 0 aromatic rings. The quantitative estimate of drug-likeness (QED) is 0.646. The molecule has 13 heavy (non-hydrogen) atoms. The lowest BCUT2D eigenvalue weighted by Crippen LogP contribution is -2.30. The first-order valence-electron chi connectivity index (χ1n) is 4.85. The Hall–Kier alpha value is -0.770. The number of carbonyl (C=O) groups excluding carboxylic acids is 1. The number of rotatable bonds is 5. The van der Waals surface area contributed by atoms with E-state index in [0.29, 0.717) is 12.6 Å². The summed E-state index contributed by atoms with van der Waals surface area (Å²) in [6.45, 7) is 7.30. The first kappa shape index (κ1) is 10.3. The maximum Gasteiger partial charge on any atom is 0.409 e. The van der Waals surface area contributed by atoms with Crippen molar-refractivity contribution in [1.82, 2.24) is 10.2 Å². The highest BCUT2D eigenvalue weighted by molar-refractivity contribution is 5.69. The fourth-order valence-electron chi connectivity index (χ4n) is 1.29. The molecule has 0 spiro atoms. The number of hydrogen-bond acceptors (Lipinski definition) is 3. The molecule has 0 unspecified atom stereocenters. The Morgan fingerprint density at radius 3 is 2.92 bits per heavy atom. The van der Waals surface area contributed by atoms with Gasteiger partial charge in [-0.25, -0.2) is 4.79 Å².